The van der Waals surface area contributed by atoms with Gasteiger partial charge in [0, 0.05) is 6.04 Å². The first-order chi connectivity index (χ1) is 13.3. The normalized spacial score (nSPS) is 18.8. The van der Waals surface area contributed by atoms with Gasteiger partial charge in [-0.25, -0.2) is 0 Å². The van der Waals surface area contributed by atoms with Gasteiger partial charge in [-0.2, -0.15) is 0 Å². The molecule has 2 aliphatic rings. The van der Waals surface area contributed by atoms with Crippen molar-refractivity contribution in [3.05, 3.63) is 35.9 Å². The topological polar surface area (TPSA) is 66.9 Å². The van der Waals surface area contributed by atoms with Crippen LogP contribution in [0, 0.1) is 5.92 Å². The largest absolute Gasteiger partial charge is 0.357 e. The molecule has 1 aromatic carbocycles. The standard InChI is InChI=1S/C20H26N4OS2/c25-17(22-18(15-11-12-15)14-7-3-1-4-8-14)13-26-20-24-23-19(27-20)21-16-9-5-2-6-10-16/h1,3-4,7-8,15-16,18H,2,5-6,9-13H2,(H,21,23)(H,22,25). The van der Waals surface area contributed by atoms with Crippen molar-refractivity contribution in [3.8, 4) is 0 Å². The molecule has 2 aromatic rings. The monoisotopic (exact) mass is 402 g/mol. The number of carbonyl (C=O) groups excluding carboxylic acids is 1. The maximum Gasteiger partial charge on any atom is 0.230 e. The molecule has 1 unspecified atom stereocenters. The number of rotatable bonds is 8. The Hall–Kier alpha value is -1.60. The lowest BCUT2D eigenvalue weighted by Gasteiger charge is -2.21. The summed E-state index contributed by atoms with van der Waals surface area (Å²) >= 11 is 3.03. The van der Waals surface area contributed by atoms with Gasteiger partial charge in [0.1, 0.15) is 0 Å². The van der Waals surface area contributed by atoms with Gasteiger partial charge in [0.15, 0.2) is 4.34 Å². The molecule has 1 amide bonds. The van der Waals surface area contributed by atoms with E-state index in [-0.39, 0.29) is 11.9 Å². The molecule has 1 aromatic heterocycles. The Morgan fingerprint density at radius 3 is 2.63 bits per heavy atom. The molecule has 144 valence electrons. The molecule has 27 heavy (non-hydrogen) atoms. The Morgan fingerprint density at radius 1 is 1.11 bits per heavy atom. The van der Waals surface area contributed by atoms with Crippen LogP contribution >= 0.6 is 23.1 Å². The summed E-state index contributed by atoms with van der Waals surface area (Å²) in [6.45, 7) is 0. The van der Waals surface area contributed by atoms with Crippen LogP contribution in [0.1, 0.15) is 56.6 Å². The van der Waals surface area contributed by atoms with Gasteiger partial charge in [-0.3, -0.25) is 4.79 Å². The first-order valence-electron chi connectivity index (χ1n) is 9.85. The van der Waals surface area contributed by atoms with Crippen molar-refractivity contribution < 1.29 is 4.79 Å². The Balaban J connectivity index is 1.26. The molecule has 0 saturated heterocycles. The molecule has 1 atom stereocenters. The quantitative estimate of drug-likeness (QED) is 0.630. The number of carbonyl (C=O) groups is 1. The Morgan fingerprint density at radius 2 is 1.89 bits per heavy atom. The average molecular weight is 403 g/mol. The zero-order valence-corrected chi connectivity index (χ0v) is 17.0. The molecule has 2 saturated carbocycles. The van der Waals surface area contributed by atoms with Crippen molar-refractivity contribution in [3.63, 3.8) is 0 Å². The smallest absolute Gasteiger partial charge is 0.230 e. The van der Waals surface area contributed by atoms with Crippen LogP contribution in [-0.4, -0.2) is 27.9 Å². The third-order valence-electron chi connectivity index (χ3n) is 5.23. The predicted octanol–water partition coefficient (Wildman–Crippen LogP) is 4.64. The molecule has 5 nitrogen and oxygen atoms in total. The lowest BCUT2D eigenvalue weighted by molar-refractivity contribution is -0.119. The number of nitrogens with zero attached hydrogens (tertiary/aromatic N) is 2. The van der Waals surface area contributed by atoms with Gasteiger partial charge < -0.3 is 10.6 Å². The van der Waals surface area contributed by atoms with E-state index in [1.807, 2.05) is 18.2 Å². The van der Waals surface area contributed by atoms with Crippen LogP contribution in [0.25, 0.3) is 0 Å². The van der Waals surface area contributed by atoms with Crippen LogP contribution < -0.4 is 10.6 Å². The Bertz CT molecular complexity index is 741. The molecule has 2 fully saturated rings. The predicted molar refractivity (Wildman–Crippen MR) is 111 cm³/mol. The van der Waals surface area contributed by atoms with Crippen LogP contribution in [-0.2, 0) is 4.79 Å². The van der Waals surface area contributed by atoms with E-state index >= 15 is 0 Å². The highest BCUT2D eigenvalue weighted by atomic mass is 32.2. The van der Waals surface area contributed by atoms with E-state index in [0.717, 1.165) is 9.47 Å². The van der Waals surface area contributed by atoms with E-state index in [1.54, 1.807) is 11.3 Å². The SMILES string of the molecule is O=C(CSc1nnc(NC2CCCCC2)s1)NC(c1ccccc1)C1CC1. The molecular weight excluding hydrogens is 376 g/mol. The molecule has 1 heterocycles. The summed E-state index contributed by atoms with van der Waals surface area (Å²) in [6, 6.07) is 10.9. The average Bonchev–Trinajstić information content (AvgIpc) is 3.45. The van der Waals surface area contributed by atoms with Crippen LogP contribution in [0.3, 0.4) is 0 Å². The fourth-order valence-electron chi connectivity index (χ4n) is 3.65. The zero-order valence-electron chi connectivity index (χ0n) is 15.4. The minimum atomic E-state index is 0.0674. The molecule has 2 N–H and O–H groups in total. The van der Waals surface area contributed by atoms with Crippen LogP contribution in [0.15, 0.2) is 34.7 Å². The fraction of sp³-hybridized carbons (Fsp3) is 0.550. The summed E-state index contributed by atoms with van der Waals surface area (Å²) in [5.41, 5.74) is 1.20. The number of hydrogen-bond acceptors (Lipinski definition) is 6. The molecule has 0 radical (unpaired) electrons. The Labute approximate surface area is 168 Å². The van der Waals surface area contributed by atoms with Crippen LogP contribution in [0.5, 0.6) is 0 Å². The number of benzene rings is 1. The fourth-order valence-corrected chi connectivity index (χ4v) is 5.29. The van der Waals surface area contributed by atoms with E-state index < -0.39 is 0 Å². The van der Waals surface area contributed by atoms with Crippen molar-refractivity contribution >= 4 is 34.1 Å². The van der Waals surface area contributed by atoms with E-state index in [4.69, 9.17) is 0 Å². The highest BCUT2D eigenvalue weighted by molar-refractivity contribution is 8.01. The second-order valence-electron chi connectivity index (χ2n) is 7.43. The van der Waals surface area contributed by atoms with Gasteiger partial charge in [0.25, 0.3) is 0 Å². The van der Waals surface area contributed by atoms with Gasteiger partial charge in [-0.1, -0.05) is 72.7 Å². The minimum absolute atomic E-state index is 0.0674. The number of nitrogens with one attached hydrogen (secondary N) is 2. The maximum atomic E-state index is 12.5. The highest BCUT2D eigenvalue weighted by Crippen LogP contribution is 2.41. The Kier molecular flexibility index (Phi) is 6.29. The number of anilines is 1. The number of amides is 1. The molecular formula is C20H26N4OS2. The van der Waals surface area contributed by atoms with Crippen LogP contribution in [0.2, 0.25) is 0 Å². The molecule has 0 spiro atoms. The number of aromatic nitrogens is 2. The second-order valence-corrected chi connectivity index (χ2v) is 9.63. The van der Waals surface area contributed by atoms with Crippen molar-refractivity contribution in [1.29, 1.82) is 0 Å². The first kappa shape index (κ1) is 18.7. The summed E-state index contributed by atoms with van der Waals surface area (Å²) < 4.78 is 0.853. The molecule has 0 bridgehead atoms. The minimum Gasteiger partial charge on any atom is -0.357 e. The zero-order chi connectivity index (χ0) is 18.5. The van der Waals surface area contributed by atoms with Gasteiger partial charge in [0.2, 0.25) is 11.0 Å². The van der Waals surface area contributed by atoms with Crippen molar-refractivity contribution in [2.75, 3.05) is 11.1 Å². The van der Waals surface area contributed by atoms with E-state index in [0.29, 0.717) is 17.7 Å². The summed E-state index contributed by atoms with van der Waals surface area (Å²) in [4.78, 5) is 12.5. The second kappa shape index (κ2) is 9.06. The lowest BCUT2D eigenvalue weighted by atomic mass is 9.96. The molecule has 7 heteroatoms. The van der Waals surface area contributed by atoms with Gasteiger partial charge in [0.05, 0.1) is 11.8 Å². The van der Waals surface area contributed by atoms with Crippen molar-refractivity contribution in [2.24, 2.45) is 5.92 Å². The first-order valence-corrected chi connectivity index (χ1v) is 11.7. The van der Waals surface area contributed by atoms with Crippen molar-refractivity contribution in [2.45, 2.75) is 61.4 Å². The van der Waals surface area contributed by atoms with Gasteiger partial charge in [-0.05, 0) is 37.2 Å². The van der Waals surface area contributed by atoms with Crippen molar-refractivity contribution in [1.82, 2.24) is 15.5 Å². The molecule has 0 aliphatic heterocycles. The molecule has 4 rings (SSSR count). The van der Waals surface area contributed by atoms with E-state index in [1.165, 1.54) is 62.3 Å². The van der Waals surface area contributed by atoms with Crippen LogP contribution in [0.4, 0.5) is 5.13 Å². The summed E-state index contributed by atoms with van der Waals surface area (Å²) in [5.74, 6) is 1.03. The highest BCUT2D eigenvalue weighted by Gasteiger charge is 2.33. The molecule has 2 aliphatic carbocycles. The van der Waals surface area contributed by atoms with Gasteiger partial charge in [-0.15, -0.1) is 10.2 Å². The number of thioether (sulfide) groups is 1. The van der Waals surface area contributed by atoms with E-state index in [9.17, 15) is 4.79 Å². The maximum absolute atomic E-state index is 12.5. The third-order valence-corrected chi connectivity index (χ3v) is 7.22. The van der Waals surface area contributed by atoms with E-state index in [2.05, 4.69) is 33.0 Å². The summed E-state index contributed by atoms with van der Waals surface area (Å²) in [7, 11) is 0. The summed E-state index contributed by atoms with van der Waals surface area (Å²) in [5, 5.41) is 16.1. The third kappa shape index (κ3) is 5.45. The lowest BCUT2D eigenvalue weighted by Crippen LogP contribution is -2.31. The van der Waals surface area contributed by atoms with Gasteiger partial charge >= 0.3 is 0 Å². The summed E-state index contributed by atoms with van der Waals surface area (Å²) in [6.07, 6.45) is 8.75. The number of hydrogen-bond donors (Lipinski definition) is 2.